The summed E-state index contributed by atoms with van der Waals surface area (Å²) in [5.74, 6) is -5.83. The lowest BCUT2D eigenvalue weighted by atomic mass is 10.2. The van der Waals surface area contributed by atoms with Gasteiger partial charge in [-0.3, -0.25) is 14.6 Å². The zero-order valence-corrected chi connectivity index (χ0v) is 12.9. The van der Waals surface area contributed by atoms with E-state index in [0.29, 0.717) is 6.07 Å². The number of carbonyl (C=O) groups excluding carboxylic acids is 2. The Bertz CT molecular complexity index is 794. The first-order valence-electron chi connectivity index (χ1n) is 7.01. The summed E-state index contributed by atoms with van der Waals surface area (Å²) in [7, 11) is 0. The van der Waals surface area contributed by atoms with Gasteiger partial charge < -0.3 is 10.6 Å². The summed E-state index contributed by atoms with van der Waals surface area (Å²) in [6.45, 7) is 3.55. The number of nitrogens with zero attached hydrogens (tertiary/aromatic N) is 1. The number of halogens is 3. The molecule has 8 heteroatoms. The number of nitrogens with one attached hydrogen (secondary N) is 2. The van der Waals surface area contributed by atoms with Crippen molar-refractivity contribution in [3.05, 3.63) is 59.2 Å². The molecule has 24 heavy (non-hydrogen) atoms. The fraction of sp³-hybridized carbons (Fsp3) is 0.188. The minimum atomic E-state index is -1.69. The molecule has 0 unspecified atom stereocenters. The third-order valence-corrected chi connectivity index (χ3v) is 2.96. The van der Waals surface area contributed by atoms with E-state index in [1.165, 1.54) is 18.3 Å². The van der Waals surface area contributed by atoms with E-state index in [0.717, 1.165) is 6.07 Å². The highest BCUT2D eigenvalue weighted by molar-refractivity contribution is 6.04. The number of amides is 2. The number of aromatic nitrogens is 1. The fourth-order valence-electron chi connectivity index (χ4n) is 1.85. The summed E-state index contributed by atoms with van der Waals surface area (Å²) in [6, 6.07) is 4.10. The molecule has 1 heterocycles. The summed E-state index contributed by atoms with van der Waals surface area (Å²) in [5, 5.41) is 4.73. The van der Waals surface area contributed by atoms with Crippen LogP contribution in [0.25, 0.3) is 0 Å². The highest BCUT2D eigenvalue weighted by Gasteiger charge is 2.17. The predicted octanol–water partition coefficient (Wildman–Crippen LogP) is 2.89. The molecule has 0 aliphatic carbocycles. The van der Waals surface area contributed by atoms with Gasteiger partial charge in [0.05, 0.1) is 5.69 Å². The van der Waals surface area contributed by atoms with E-state index >= 15 is 0 Å². The number of carbonyl (C=O) groups is 2. The molecule has 0 saturated heterocycles. The van der Waals surface area contributed by atoms with Crippen LogP contribution < -0.4 is 10.6 Å². The first kappa shape index (κ1) is 17.5. The lowest BCUT2D eigenvalue weighted by Crippen LogP contribution is -2.30. The Morgan fingerprint density at radius 1 is 1.04 bits per heavy atom. The normalized spacial score (nSPS) is 10.6. The standard InChI is InChI=1S/C16H14F3N3O2/c1-8(2)21-15(23)9-5-6-20-12(7-9)16(24)22-11-4-3-10(17)13(18)14(11)19/h3-8H,1-2H3,(H,21,23)(H,22,24). The first-order chi connectivity index (χ1) is 11.3. The van der Waals surface area contributed by atoms with Gasteiger partial charge in [-0.25, -0.2) is 13.2 Å². The summed E-state index contributed by atoms with van der Waals surface area (Å²) < 4.78 is 39.6. The number of hydrogen-bond acceptors (Lipinski definition) is 3. The molecule has 0 spiro atoms. The van der Waals surface area contributed by atoms with Crippen molar-refractivity contribution in [1.29, 1.82) is 0 Å². The molecule has 2 amide bonds. The van der Waals surface area contributed by atoms with Gasteiger partial charge in [-0.05, 0) is 38.1 Å². The summed E-state index contributed by atoms with van der Waals surface area (Å²) >= 11 is 0. The predicted molar refractivity (Wildman–Crippen MR) is 81.1 cm³/mol. The maximum Gasteiger partial charge on any atom is 0.274 e. The van der Waals surface area contributed by atoms with E-state index < -0.39 is 35.0 Å². The van der Waals surface area contributed by atoms with E-state index in [9.17, 15) is 22.8 Å². The molecular weight excluding hydrogens is 323 g/mol. The highest BCUT2D eigenvalue weighted by atomic mass is 19.2. The van der Waals surface area contributed by atoms with Crippen molar-refractivity contribution >= 4 is 17.5 Å². The largest absolute Gasteiger partial charge is 0.350 e. The third-order valence-electron chi connectivity index (χ3n) is 2.96. The molecule has 0 saturated carbocycles. The van der Waals surface area contributed by atoms with E-state index in [2.05, 4.69) is 15.6 Å². The average Bonchev–Trinajstić information content (AvgIpc) is 2.55. The minimum absolute atomic E-state index is 0.0979. The van der Waals surface area contributed by atoms with Crippen LogP contribution in [-0.2, 0) is 0 Å². The van der Waals surface area contributed by atoms with Crippen molar-refractivity contribution in [2.75, 3.05) is 5.32 Å². The monoisotopic (exact) mass is 337 g/mol. The molecule has 5 nitrogen and oxygen atoms in total. The van der Waals surface area contributed by atoms with Crippen LogP contribution in [0, 0.1) is 17.5 Å². The van der Waals surface area contributed by atoms with Crippen LogP contribution >= 0.6 is 0 Å². The van der Waals surface area contributed by atoms with Crippen LogP contribution in [-0.4, -0.2) is 22.8 Å². The summed E-state index contributed by atoms with van der Waals surface area (Å²) in [5.41, 5.74) is -0.511. The maximum absolute atomic E-state index is 13.6. The average molecular weight is 337 g/mol. The zero-order chi connectivity index (χ0) is 17.9. The number of pyridine rings is 1. The van der Waals surface area contributed by atoms with Gasteiger partial charge in [0, 0.05) is 17.8 Å². The maximum atomic E-state index is 13.6. The van der Waals surface area contributed by atoms with Crippen LogP contribution in [0.5, 0.6) is 0 Å². The fourth-order valence-corrected chi connectivity index (χ4v) is 1.85. The van der Waals surface area contributed by atoms with Crippen molar-refractivity contribution in [3.8, 4) is 0 Å². The van der Waals surface area contributed by atoms with Crippen LogP contribution in [0.2, 0.25) is 0 Å². The van der Waals surface area contributed by atoms with Gasteiger partial charge in [0.2, 0.25) is 0 Å². The lowest BCUT2D eigenvalue weighted by molar-refractivity contribution is 0.0943. The van der Waals surface area contributed by atoms with Crippen molar-refractivity contribution in [3.63, 3.8) is 0 Å². The van der Waals surface area contributed by atoms with E-state index in [1.54, 1.807) is 13.8 Å². The summed E-state index contributed by atoms with van der Waals surface area (Å²) in [4.78, 5) is 27.8. The Balaban J connectivity index is 2.22. The quantitative estimate of drug-likeness (QED) is 0.843. The van der Waals surface area contributed by atoms with Crippen molar-refractivity contribution in [2.24, 2.45) is 0 Å². The Labute approximate surface area is 135 Å². The van der Waals surface area contributed by atoms with Crippen LogP contribution in [0.15, 0.2) is 30.5 Å². The Morgan fingerprint density at radius 2 is 1.75 bits per heavy atom. The molecule has 0 atom stereocenters. The van der Waals surface area contributed by atoms with Crippen LogP contribution in [0.4, 0.5) is 18.9 Å². The lowest BCUT2D eigenvalue weighted by Gasteiger charge is -2.10. The topological polar surface area (TPSA) is 71.1 Å². The van der Waals surface area contributed by atoms with Crippen LogP contribution in [0.1, 0.15) is 34.7 Å². The van der Waals surface area contributed by atoms with Crippen molar-refractivity contribution < 1.29 is 22.8 Å². The third kappa shape index (κ3) is 3.89. The molecule has 2 aromatic rings. The smallest absolute Gasteiger partial charge is 0.274 e. The number of hydrogen-bond donors (Lipinski definition) is 2. The molecule has 0 radical (unpaired) electrons. The minimum Gasteiger partial charge on any atom is -0.350 e. The van der Waals surface area contributed by atoms with Gasteiger partial charge in [0.1, 0.15) is 5.69 Å². The van der Waals surface area contributed by atoms with E-state index in [-0.39, 0.29) is 17.3 Å². The van der Waals surface area contributed by atoms with E-state index in [4.69, 9.17) is 0 Å². The first-order valence-corrected chi connectivity index (χ1v) is 7.01. The second kappa shape index (κ2) is 7.12. The van der Waals surface area contributed by atoms with Crippen LogP contribution in [0.3, 0.4) is 0 Å². The molecule has 1 aromatic heterocycles. The van der Waals surface area contributed by atoms with Crippen molar-refractivity contribution in [1.82, 2.24) is 10.3 Å². The molecule has 0 aliphatic rings. The number of anilines is 1. The molecule has 0 aliphatic heterocycles. The summed E-state index contributed by atoms with van der Waals surface area (Å²) in [6.07, 6.45) is 1.24. The second-order valence-corrected chi connectivity index (χ2v) is 5.23. The molecule has 1 aromatic carbocycles. The van der Waals surface area contributed by atoms with Gasteiger partial charge >= 0.3 is 0 Å². The van der Waals surface area contributed by atoms with Gasteiger partial charge in [0.25, 0.3) is 11.8 Å². The van der Waals surface area contributed by atoms with Gasteiger partial charge in [-0.2, -0.15) is 0 Å². The molecule has 0 fully saturated rings. The molecular formula is C16H14F3N3O2. The molecule has 0 bridgehead atoms. The van der Waals surface area contributed by atoms with Gasteiger partial charge in [0.15, 0.2) is 17.5 Å². The van der Waals surface area contributed by atoms with Gasteiger partial charge in [-0.1, -0.05) is 0 Å². The highest BCUT2D eigenvalue weighted by Crippen LogP contribution is 2.20. The Hall–Kier alpha value is -2.90. The number of benzene rings is 1. The van der Waals surface area contributed by atoms with Crippen molar-refractivity contribution in [2.45, 2.75) is 19.9 Å². The molecule has 2 rings (SSSR count). The Morgan fingerprint density at radius 3 is 2.42 bits per heavy atom. The second-order valence-electron chi connectivity index (χ2n) is 5.23. The van der Waals surface area contributed by atoms with E-state index in [1.807, 2.05) is 0 Å². The zero-order valence-electron chi connectivity index (χ0n) is 12.9. The number of rotatable bonds is 4. The SMILES string of the molecule is CC(C)NC(=O)c1ccnc(C(=O)Nc2ccc(F)c(F)c2F)c1. The van der Waals surface area contributed by atoms with Gasteiger partial charge in [-0.15, -0.1) is 0 Å². The molecule has 126 valence electrons. The Kier molecular flexibility index (Phi) is 5.18. The molecule has 2 N–H and O–H groups in total.